The highest BCUT2D eigenvalue weighted by atomic mass is 16.3. The van der Waals surface area contributed by atoms with Gasteiger partial charge in [-0.1, -0.05) is 12.8 Å². The maximum Gasteiger partial charge on any atom is 0.251 e. The van der Waals surface area contributed by atoms with Gasteiger partial charge in [-0.3, -0.25) is 14.5 Å². The minimum Gasteiger partial charge on any atom is -0.391 e. The van der Waals surface area contributed by atoms with Crippen LogP contribution in [0.25, 0.3) is 0 Å². The van der Waals surface area contributed by atoms with E-state index >= 15 is 0 Å². The van der Waals surface area contributed by atoms with Crippen LogP contribution in [0.2, 0.25) is 0 Å². The van der Waals surface area contributed by atoms with Gasteiger partial charge in [0, 0.05) is 50.0 Å². The van der Waals surface area contributed by atoms with Gasteiger partial charge in [-0.15, -0.1) is 0 Å². The molecule has 0 aromatic carbocycles. The molecule has 2 heterocycles. The summed E-state index contributed by atoms with van der Waals surface area (Å²) in [4.78, 5) is 26.3. The van der Waals surface area contributed by atoms with Crippen LogP contribution < -0.4 is 10.9 Å². The molecule has 0 spiro atoms. The summed E-state index contributed by atoms with van der Waals surface area (Å²) in [6, 6.07) is 3.47. The van der Waals surface area contributed by atoms with Crippen molar-refractivity contribution in [3.05, 3.63) is 34.2 Å². The van der Waals surface area contributed by atoms with E-state index in [2.05, 4.69) is 10.2 Å². The Kier molecular flexibility index (Phi) is 5.36. The van der Waals surface area contributed by atoms with Crippen LogP contribution in [0.5, 0.6) is 0 Å². The number of nitrogens with one attached hydrogen (secondary N) is 1. The third-order valence-electron chi connectivity index (χ3n) is 5.39. The second-order valence-corrected chi connectivity index (χ2v) is 7.07. The number of pyridine rings is 1. The zero-order chi connectivity index (χ0) is 17.1. The summed E-state index contributed by atoms with van der Waals surface area (Å²) in [5.41, 5.74) is 0.243. The summed E-state index contributed by atoms with van der Waals surface area (Å²) >= 11 is 0. The number of aromatic nitrogens is 1. The maximum atomic E-state index is 12.3. The Labute approximate surface area is 142 Å². The molecule has 3 rings (SSSR count). The molecule has 0 radical (unpaired) electrons. The van der Waals surface area contributed by atoms with Gasteiger partial charge >= 0.3 is 0 Å². The van der Waals surface area contributed by atoms with Gasteiger partial charge in [-0.2, -0.15) is 0 Å². The number of hydrogen-bond acceptors (Lipinski definition) is 4. The zero-order valence-corrected chi connectivity index (χ0v) is 14.3. The molecule has 2 fully saturated rings. The van der Waals surface area contributed by atoms with Crippen molar-refractivity contribution in [3.63, 3.8) is 0 Å². The fourth-order valence-corrected chi connectivity index (χ4v) is 3.85. The first-order valence-electron chi connectivity index (χ1n) is 8.94. The Balaban J connectivity index is 1.52. The third kappa shape index (κ3) is 3.87. The fourth-order valence-electron chi connectivity index (χ4n) is 3.85. The summed E-state index contributed by atoms with van der Waals surface area (Å²) < 4.78 is 1.45. The van der Waals surface area contributed by atoms with E-state index in [-0.39, 0.29) is 29.7 Å². The number of rotatable bonds is 3. The smallest absolute Gasteiger partial charge is 0.251 e. The van der Waals surface area contributed by atoms with E-state index in [0.717, 1.165) is 45.2 Å². The van der Waals surface area contributed by atoms with Crippen LogP contribution in [0.4, 0.5) is 0 Å². The lowest BCUT2D eigenvalue weighted by atomic mass is 9.89. The van der Waals surface area contributed by atoms with Crippen LogP contribution in [0, 0.1) is 0 Å². The number of hydrogen-bond donors (Lipinski definition) is 2. The van der Waals surface area contributed by atoms with Crippen molar-refractivity contribution >= 4 is 5.91 Å². The highest BCUT2D eigenvalue weighted by Crippen LogP contribution is 2.25. The molecule has 1 aromatic heterocycles. The standard InChI is InChI=1S/C18H27N3O3/c1-20-9-6-13(12-17(20)23)18(24)19-14-7-10-21(11-8-14)15-4-2-3-5-16(15)22/h6,9,12,14-16,22H,2-5,7-8,10-11H2,1H3,(H,19,24). The molecule has 1 amide bonds. The van der Waals surface area contributed by atoms with E-state index < -0.39 is 0 Å². The van der Waals surface area contributed by atoms with Gasteiger partial charge in [0.2, 0.25) is 0 Å². The minimum atomic E-state index is -0.203. The topological polar surface area (TPSA) is 74.6 Å². The summed E-state index contributed by atoms with van der Waals surface area (Å²) in [5.74, 6) is -0.177. The van der Waals surface area contributed by atoms with Crippen LogP contribution in [-0.4, -0.2) is 51.8 Å². The maximum absolute atomic E-state index is 12.3. The van der Waals surface area contributed by atoms with Gasteiger partial charge in [-0.05, 0) is 31.7 Å². The molecule has 1 aromatic rings. The second-order valence-electron chi connectivity index (χ2n) is 7.07. The van der Waals surface area contributed by atoms with Gasteiger partial charge in [-0.25, -0.2) is 0 Å². The summed E-state index contributed by atoms with van der Waals surface area (Å²) in [7, 11) is 1.67. The van der Waals surface area contributed by atoms with Crippen LogP contribution in [0.1, 0.15) is 48.9 Å². The lowest BCUT2D eigenvalue weighted by molar-refractivity contribution is 0.00727. The fraction of sp³-hybridized carbons (Fsp3) is 0.667. The summed E-state index contributed by atoms with van der Waals surface area (Å²) in [6.45, 7) is 1.81. The van der Waals surface area contributed by atoms with E-state index in [4.69, 9.17) is 0 Å². The summed E-state index contributed by atoms with van der Waals surface area (Å²) in [6.07, 6.45) is 7.49. The molecule has 1 aliphatic carbocycles. The van der Waals surface area contributed by atoms with Crippen molar-refractivity contribution in [1.29, 1.82) is 0 Å². The number of aryl methyl sites for hydroxylation is 1. The van der Waals surface area contributed by atoms with E-state index in [0.29, 0.717) is 5.56 Å². The predicted octanol–water partition coefficient (Wildman–Crippen LogP) is 0.883. The molecular weight excluding hydrogens is 306 g/mol. The normalized spacial score (nSPS) is 26.2. The molecule has 132 valence electrons. The number of nitrogens with zero attached hydrogens (tertiary/aromatic N) is 2. The van der Waals surface area contributed by atoms with Gasteiger partial charge < -0.3 is 15.0 Å². The third-order valence-corrected chi connectivity index (χ3v) is 5.39. The molecule has 2 unspecified atom stereocenters. The van der Waals surface area contributed by atoms with E-state index in [1.165, 1.54) is 17.1 Å². The van der Waals surface area contributed by atoms with Crippen molar-refractivity contribution in [3.8, 4) is 0 Å². The highest BCUT2D eigenvalue weighted by Gasteiger charge is 2.31. The van der Waals surface area contributed by atoms with Gasteiger partial charge in [0.1, 0.15) is 0 Å². The number of carbonyl (C=O) groups is 1. The monoisotopic (exact) mass is 333 g/mol. The minimum absolute atomic E-state index is 0.138. The molecule has 1 saturated heterocycles. The molecule has 1 aliphatic heterocycles. The number of aliphatic hydroxyl groups is 1. The van der Waals surface area contributed by atoms with Gasteiger partial charge in [0.15, 0.2) is 0 Å². The average molecular weight is 333 g/mol. The quantitative estimate of drug-likeness (QED) is 0.861. The molecule has 6 heteroatoms. The molecule has 2 atom stereocenters. The van der Waals surface area contributed by atoms with Crippen LogP contribution >= 0.6 is 0 Å². The van der Waals surface area contributed by atoms with Crippen molar-refractivity contribution in [1.82, 2.24) is 14.8 Å². The second kappa shape index (κ2) is 7.49. The van der Waals surface area contributed by atoms with Crippen molar-refractivity contribution in [2.45, 2.75) is 56.7 Å². The lowest BCUT2D eigenvalue weighted by Gasteiger charge is -2.41. The Bertz CT molecular complexity index is 635. The van der Waals surface area contributed by atoms with Crippen LogP contribution in [-0.2, 0) is 7.05 Å². The Morgan fingerprint density at radius 2 is 1.92 bits per heavy atom. The molecule has 24 heavy (non-hydrogen) atoms. The Morgan fingerprint density at radius 1 is 1.21 bits per heavy atom. The SMILES string of the molecule is Cn1ccc(C(=O)NC2CCN(C3CCCCC3O)CC2)cc1=O. The highest BCUT2D eigenvalue weighted by molar-refractivity contribution is 5.94. The van der Waals surface area contributed by atoms with E-state index in [9.17, 15) is 14.7 Å². The largest absolute Gasteiger partial charge is 0.391 e. The Morgan fingerprint density at radius 3 is 2.58 bits per heavy atom. The lowest BCUT2D eigenvalue weighted by Crippen LogP contribution is -2.52. The van der Waals surface area contributed by atoms with Crippen molar-refractivity contribution < 1.29 is 9.90 Å². The molecule has 6 nitrogen and oxygen atoms in total. The van der Waals surface area contributed by atoms with Gasteiger partial charge in [0.25, 0.3) is 11.5 Å². The number of aliphatic hydroxyl groups excluding tert-OH is 1. The average Bonchev–Trinajstić information content (AvgIpc) is 2.58. The first-order valence-corrected chi connectivity index (χ1v) is 8.94. The predicted molar refractivity (Wildman–Crippen MR) is 92.0 cm³/mol. The number of piperidine rings is 1. The molecule has 1 saturated carbocycles. The van der Waals surface area contributed by atoms with E-state index in [1.807, 2.05) is 0 Å². The van der Waals surface area contributed by atoms with E-state index in [1.54, 1.807) is 19.3 Å². The number of amides is 1. The number of carbonyl (C=O) groups excluding carboxylic acids is 1. The zero-order valence-electron chi connectivity index (χ0n) is 14.3. The molecular formula is C18H27N3O3. The summed E-state index contributed by atoms with van der Waals surface area (Å²) in [5, 5.41) is 13.2. The number of likely N-dealkylation sites (tertiary alicyclic amines) is 1. The molecule has 0 bridgehead atoms. The van der Waals surface area contributed by atoms with Crippen molar-refractivity contribution in [2.75, 3.05) is 13.1 Å². The van der Waals surface area contributed by atoms with Crippen molar-refractivity contribution in [2.24, 2.45) is 7.05 Å². The van der Waals surface area contributed by atoms with Gasteiger partial charge in [0.05, 0.1) is 6.10 Å². The van der Waals surface area contributed by atoms with Crippen LogP contribution in [0.15, 0.2) is 23.1 Å². The molecule has 2 N–H and O–H groups in total. The van der Waals surface area contributed by atoms with Crippen LogP contribution in [0.3, 0.4) is 0 Å². The first kappa shape index (κ1) is 17.2. The first-order chi connectivity index (χ1) is 11.5. The molecule has 2 aliphatic rings. The Hall–Kier alpha value is -1.66.